The van der Waals surface area contributed by atoms with Gasteiger partial charge in [0.2, 0.25) is 0 Å². The molecule has 2 aromatic carbocycles. The Morgan fingerprint density at radius 2 is 1.85 bits per heavy atom. The van der Waals surface area contributed by atoms with Crippen molar-refractivity contribution in [2.45, 2.75) is 13.8 Å². The van der Waals surface area contributed by atoms with Gasteiger partial charge in [-0.2, -0.15) is 0 Å². The second-order valence-corrected chi connectivity index (χ2v) is 6.32. The van der Waals surface area contributed by atoms with Crippen LogP contribution in [0, 0.1) is 16.0 Å². The first-order valence-electron chi connectivity index (χ1n) is 7.95. The summed E-state index contributed by atoms with van der Waals surface area (Å²) in [7, 11) is 0. The molecule has 0 aliphatic rings. The number of hydrogen-bond acceptors (Lipinski definition) is 5. The maximum atomic E-state index is 12.2. The van der Waals surface area contributed by atoms with Gasteiger partial charge in [-0.05, 0) is 48.5 Å². The number of ether oxygens (including phenoxy) is 1. The van der Waals surface area contributed by atoms with Gasteiger partial charge in [0.25, 0.3) is 11.6 Å². The number of benzene rings is 2. The highest BCUT2D eigenvalue weighted by molar-refractivity contribution is 7.80. The summed E-state index contributed by atoms with van der Waals surface area (Å²) in [5.74, 6) is 0.663. The standard InChI is InChI=1S/C18H19N3O4S/c1-12(2)11-25-14-9-7-13(8-10-14)17(22)20-18(26)19-15-5-3-4-6-16(15)21(23)24/h3-10,12H,11H2,1-2H3,(H2,19,20,22,26). The maximum Gasteiger partial charge on any atom is 0.292 e. The van der Waals surface area contributed by atoms with Gasteiger partial charge in [-0.1, -0.05) is 26.0 Å². The van der Waals surface area contributed by atoms with E-state index in [2.05, 4.69) is 10.6 Å². The Morgan fingerprint density at radius 1 is 1.19 bits per heavy atom. The van der Waals surface area contributed by atoms with E-state index in [-0.39, 0.29) is 16.5 Å². The molecule has 0 saturated heterocycles. The van der Waals surface area contributed by atoms with Crippen molar-refractivity contribution >= 4 is 34.6 Å². The van der Waals surface area contributed by atoms with Crippen molar-refractivity contribution in [1.82, 2.24) is 5.32 Å². The first-order chi connectivity index (χ1) is 12.4. The van der Waals surface area contributed by atoms with Gasteiger partial charge in [0.05, 0.1) is 11.5 Å². The number of carbonyl (C=O) groups is 1. The van der Waals surface area contributed by atoms with Gasteiger partial charge in [0, 0.05) is 11.6 Å². The fourth-order valence-corrected chi connectivity index (χ4v) is 2.24. The molecule has 0 fully saturated rings. The highest BCUT2D eigenvalue weighted by Crippen LogP contribution is 2.23. The minimum absolute atomic E-state index is 0.0237. The van der Waals surface area contributed by atoms with Crippen LogP contribution in [0.4, 0.5) is 11.4 Å². The van der Waals surface area contributed by atoms with Crippen LogP contribution in [-0.4, -0.2) is 22.5 Å². The monoisotopic (exact) mass is 373 g/mol. The van der Waals surface area contributed by atoms with E-state index in [1.165, 1.54) is 12.1 Å². The van der Waals surface area contributed by atoms with Crippen LogP contribution in [0.5, 0.6) is 5.75 Å². The van der Waals surface area contributed by atoms with E-state index in [4.69, 9.17) is 17.0 Å². The van der Waals surface area contributed by atoms with E-state index in [9.17, 15) is 14.9 Å². The Labute approximate surface area is 156 Å². The second-order valence-electron chi connectivity index (χ2n) is 5.91. The molecule has 0 aromatic heterocycles. The molecule has 8 heteroatoms. The number of anilines is 1. The number of nitro groups is 1. The lowest BCUT2D eigenvalue weighted by Crippen LogP contribution is -2.34. The number of hydrogen-bond donors (Lipinski definition) is 2. The zero-order valence-electron chi connectivity index (χ0n) is 14.4. The van der Waals surface area contributed by atoms with Gasteiger partial charge in [0.15, 0.2) is 5.11 Å². The van der Waals surface area contributed by atoms with Gasteiger partial charge < -0.3 is 10.1 Å². The fraction of sp³-hybridized carbons (Fsp3) is 0.222. The van der Waals surface area contributed by atoms with Crippen LogP contribution in [-0.2, 0) is 0 Å². The lowest BCUT2D eigenvalue weighted by Gasteiger charge is -2.11. The summed E-state index contributed by atoms with van der Waals surface area (Å²) in [4.78, 5) is 22.7. The number of nitro benzene ring substituents is 1. The van der Waals surface area contributed by atoms with E-state index in [0.29, 0.717) is 23.8 Å². The lowest BCUT2D eigenvalue weighted by atomic mass is 10.2. The Kier molecular flexibility index (Phi) is 6.62. The predicted octanol–water partition coefficient (Wildman–Crippen LogP) is 3.76. The Bertz CT molecular complexity index is 806. The topological polar surface area (TPSA) is 93.5 Å². The first-order valence-corrected chi connectivity index (χ1v) is 8.36. The zero-order valence-corrected chi connectivity index (χ0v) is 15.2. The number of carbonyl (C=O) groups excluding carboxylic acids is 1. The average Bonchev–Trinajstić information content (AvgIpc) is 2.60. The van der Waals surface area contributed by atoms with Crippen molar-refractivity contribution in [2.24, 2.45) is 5.92 Å². The quantitative estimate of drug-likeness (QED) is 0.455. The van der Waals surface area contributed by atoms with Gasteiger partial charge in [-0.25, -0.2) is 0 Å². The molecule has 0 unspecified atom stereocenters. The van der Waals surface area contributed by atoms with Crippen molar-refractivity contribution < 1.29 is 14.5 Å². The largest absolute Gasteiger partial charge is 0.493 e. The molecule has 7 nitrogen and oxygen atoms in total. The van der Waals surface area contributed by atoms with Gasteiger partial charge in [-0.3, -0.25) is 20.2 Å². The molecule has 0 aliphatic heterocycles. The fourth-order valence-electron chi connectivity index (χ4n) is 2.03. The smallest absolute Gasteiger partial charge is 0.292 e. The zero-order chi connectivity index (χ0) is 19.1. The molecule has 0 aliphatic carbocycles. The summed E-state index contributed by atoms with van der Waals surface area (Å²) in [5.41, 5.74) is 0.476. The van der Waals surface area contributed by atoms with Crippen molar-refractivity contribution in [3.05, 3.63) is 64.2 Å². The summed E-state index contributed by atoms with van der Waals surface area (Å²) in [6.45, 7) is 4.69. The van der Waals surface area contributed by atoms with Crippen LogP contribution in [0.25, 0.3) is 0 Å². The summed E-state index contributed by atoms with van der Waals surface area (Å²) in [5, 5.41) is 16.1. The van der Waals surface area contributed by atoms with Crippen molar-refractivity contribution in [3.8, 4) is 5.75 Å². The molecule has 26 heavy (non-hydrogen) atoms. The molecule has 0 radical (unpaired) electrons. The van der Waals surface area contributed by atoms with Crippen LogP contribution in [0.3, 0.4) is 0 Å². The van der Waals surface area contributed by atoms with E-state index in [1.54, 1.807) is 36.4 Å². The molecular formula is C18H19N3O4S. The predicted molar refractivity (Wildman–Crippen MR) is 104 cm³/mol. The third-order valence-electron chi connectivity index (χ3n) is 3.28. The SMILES string of the molecule is CC(C)COc1ccc(C(=O)NC(=S)Nc2ccccc2[N+](=O)[O-])cc1. The van der Waals surface area contributed by atoms with Gasteiger partial charge in [-0.15, -0.1) is 0 Å². The van der Waals surface area contributed by atoms with Gasteiger partial charge >= 0.3 is 0 Å². The van der Waals surface area contributed by atoms with E-state index >= 15 is 0 Å². The van der Waals surface area contributed by atoms with Crippen molar-refractivity contribution in [2.75, 3.05) is 11.9 Å². The highest BCUT2D eigenvalue weighted by Gasteiger charge is 2.15. The number of thiocarbonyl (C=S) groups is 1. The third kappa shape index (κ3) is 5.52. The minimum atomic E-state index is -0.525. The lowest BCUT2D eigenvalue weighted by molar-refractivity contribution is -0.383. The second kappa shape index (κ2) is 8.91. The Balaban J connectivity index is 1.97. The molecule has 2 rings (SSSR count). The summed E-state index contributed by atoms with van der Waals surface area (Å²) in [6.07, 6.45) is 0. The van der Waals surface area contributed by atoms with Crippen LogP contribution >= 0.6 is 12.2 Å². The van der Waals surface area contributed by atoms with Gasteiger partial charge in [0.1, 0.15) is 11.4 Å². The number of para-hydroxylation sites is 2. The minimum Gasteiger partial charge on any atom is -0.493 e. The Hall–Kier alpha value is -3.00. The van der Waals surface area contributed by atoms with Crippen LogP contribution in [0.15, 0.2) is 48.5 Å². The highest BCUT2D eigenvalue weighted by atomic mass is 32.1. The molecule has 0 saturated carbocycles. The maximum absolute atomic E-state index is 12.2. The molecule has 2 N–H and O–H groups in total. The van der Waals surface area contributed by atoms with Crippen LogP contribution in [0.2, 0.25) is 0 Å². The first kappa shape index (κ1) is 19.3. The summed E-state index contributed by atoms with van der Waals surface area (Å²) < 4.78 is 5.56. The van der Waals surface area contributed by atoms with E-state index in [0.717, 1.165) is 0 Å². The normalized spacial score (nSPS) is 10.3. The number of nitrogens with one attached hydrogen (secondary N) is 2. The molecule has 1 amide bonds. The molecule has 0 atom stereocenters. The molecule has 136 valence electrons. The molecule has 0 heterocycles. The third-order valence-corrected chi connectivity index (χ3v) is 3.48. The molecule has 0 bridgehead atoms. The van der Waals surface area contributed by atoms with Crippen molar-refractivity contribution in [3.63, 3.8) is 0 Å². The van der Waals surface area contributed by atoms with E-state index < -0.39 is 10.8 Å². The molecule has 2 aromatic rings. The van der Waals surface area contributed by atoms with E-state index in [1.807, 2.05) is 13.8 Å². The summed E-state index contributed by atoms with van der Waals surface area (Å²) >= 11 is 5.06. The average molecular weight is 373 g/mol. The number of nitrogens with zero attached hydrogens (tertiary/aromatic N) is 1. The van der Waals surface area contributed by atoms with Crippen LogP contribution in [0.1, 0.15) is 24.2 Å². The van der Waals surface area contributed by atoms with Crippen LogP contribution < -0.4 is 15.4 Å². The summed E-state index contributed by atoms with van der Waals surface area (Å²) in [6, 6.07) is 12.7. The Morgan fingerprint density at radius 3 is 2.46 bits per heavy atom. The van der Waals surface area contributed by atoms with Crippen molar-refractivity contribution in [1.29, 1.82) is 0 Å². The molecular weight excluding hydrogens is 354 g/mol. The number of amides is 1. The molecule has 0 spiro atoms. The number of rotatable bonds is 6.